The summed E-state index contributed by atoms with van der Waals surface area (Å²) in [5.74, 6) is -0.0936. The van der Waals surface area contributed by atoms with Gasteiger partial charge in [0.15, 0.2) is 0 Å². The van der Waals surface area contributed by atoms with Gasteiger partial charge >= 0.3 is 12.0 Å². The van der Waals surface area contributed by atoms with Crippen LogP contribution in [0.15, 0.2) is 0 Å². The first kappa shape index (κ1) is 12.8. The minimum absolute atomic E-state index is 0.188. The van der Waals surface area contributed by atoms with E-state index in [0.29, 0.717) is 18.4 Å². The number of nitrogens with zero attached hydrogens (tertiary/aromatic N) is 1. The van der Waals surface area contributed by atoms with E-state index in [9.17, 15) is 9.59 Å². The molecule has 0 bridgehead atoms. The van der Waals surface area contributed by atoms with Crippen LogP contribution >= 0.6 is 0 Å². The molecular formula is C11H20N2O3. The Hall–Kier alpha value is -1.26. The number of carboxylic acid groups (broad SMARTS) is 1. The maximum atomic E-state index is 11.6. The smallest absolute Gasteiger partial charge is 0.317 e. The lowest BCUT2D eigenvalue weighted by molar-refractivity contribution is -0.141. The van der Waals surface area contributed by atoms with Crippen LogP contribution in [-0.2, 0) is 4.79 Å². The van der Waals surface area contributed by atoms with E-state index in [1.165, 1.54) is 11.3 Å². The molecule has 0 radical (unpaired) electrons. The number of carboxylic acids is 1. The Morgan fingerprint density at radius 1 is 1.56 bits per heavy atom. The summed E-state index contributed by atoms with van der Waals surface area (Å²) in [5, 5.41) is 11.5. The van der Waals surface area contributed by atoms with Crippen molar-refractivity contribution in [2.75, 3.05) is 20.1 Å². The Morgan fingerprint density at radius 2 is 2.12 bits per heavy atom. The van der Waals surface area contributed by atoms with E-state index >= 15 is 0 Å². The van der Waals surface area contributed by atoms with Crippen molar-refractivity contribution in [1.82, 2.24) is 10.2 Å². The molecule has 1 rings (SSSR count). The van der Waals surface area contributed by atoms with Gasteiger partial charge in [0.25, 0.3) is 0 Å². The van der Waals surface area contributed by atoms with E-state index in [0.717, 1.165) is 0 Å². The third-order valence-corrected chi connectivity index (χ3v) is 3.11. The Morgan fingerprint density at radius 3 is 2.56 bits per heavy atom. The molecule has 0 aromatic carbocycles. The zero-order chi connectivity index (χ0) is 12.3. The Bertz CT molecular complexity index is 280. The summed E-state index contributed by atoms with van der Waals surface area (Å²) in [6, 6.07) is -0.188. The number of carbonyl (C=O) groups is 2. The SMILES string of the molecule is CC(CN(C)C(=O)NCC1CC1C)C(=O)O. The number of rotatable bonds is 5. The van der Waals surface area contributed by atoms with Gasteiger partial charge in [-0.3, -0.25) is 4.79 Å². The van der Waals surface area contributed by atoms with Crippen LogP contribution in [0.4, 0.5) is 4.79 Å². The van der Waals surface area contributed by atoms with Crippen LogP contribution in [0, 0.1) is 17.8 Å². The third-order valence-electron chi connectivity index (χ3n) is 3.11. The van der Waals surface area contributed by atoms with Crippen LogP contribution in [0.25, 0.3) is 0 Å². The number of nitrogens with one attached hydrogen (secondary N) is 1. The summed E-state index contributed by atoms with van der Waals surface area (Å²) in [6.45, 7) is 4.69. The first-order chi connectivity index (χ1) is 7.41. The predicted molar refractivity (Wildman–Crippen MR) is 60.1 cm³/mol. The number of aliphatic carboxylic acids is 1. The average Bonchev–Trinajstić information content (AvgIpc) is 2.90. The van der Waals surface area contributed by atoms with E-state index in [1.807, 2.05) is 0 Å². The van der Waals surface area contributed by atoms with Crippen LogP contribution < -0.4 is 5.32 Å². The topological polar surface area (TPSA) is 69.6 Å². The molecule has 2 amide bonds. The van der Waals surface area contributed by atoms with Crippen LogP contribution in [0.5, 0.6) is 0 Å². The summed E-state index contributed by atoms with van der Waals surface area (Å²) < 4.78 is 0. The maximum absolute atomic E-state index is 11.6. The predicted octanol–water partition coefficient (Wildman–Crippen LogP) is 1.00. The monoisotopic (exact) mass is 228 g/mol. The molecule has 0 saturated heterocycles. The summed E-state index contributed by atoms with van der Waals surface area (Å²) in [4.78, 5) is 23.6. The molecule has 1 saturated carbocycles. The molecular weight excluding hydrogens is 208 g/mol. The van der Waals surface area contributed by atoms with Gasteiger partial charge in [-0.2, -0.15) is 0 Å². The highest BCUT2D eigenvalue weighted by Gasteiger charge is 2.32. The third kappa shape index (κ3) is 3.72. The molecule has 3 unspecified atom stereocenters. The van der Waals surface area contributed by atoms with Crippen LogP contribution in [0.2, 0.25) is 0 Å². The van der Waals surface area contributed by atoms with Gasteiger partial charge < -0.3 is 15.3 Å². The van der Waals surface area contributed by atoms with E-state index in [1.54, 1.807) is 14.0 Å². The largest absolute Gasteiger partial charge is 0.481 e. The summed E-state index contributed by atoms with van der Waals surface area (Å²) in [5.41, 5.74) is 0. The Kier molecular flexibility index (Phi) is 4.15. The van der Waals surface area contributed by atoms with Crippen molar-refractivity contribution in [3.63, 3.8) is 0 Å². The van der Waals surface area contributed by atoms with Crippen molar-refractivity contribution < 1.29 is 14.7 Å². The highest BCUT2D eigenvalue weighted by Crippen LogP contribution is 2.36. The van der Waals surface area contributed by atoms with E-state index in [-0.39, 0.29) is 12.6 Å². The van der Waals surface area contributed by atoms with Gasteiger partial charge in [-0.1, -0.05) is 13.8 Å². The molecule has 5 heteroatoms. The Balaban J connectivity index is 2.22. The second kappa shape index (κ2) is 5.18. The minimum Gasteiger partial charge on any atom is -0.481 e. The molecule has 2 N–H and O–H groups in total. The normalized spacial score (nSPS) is 24.7. The fraction of sp³-hybridized carbons (Fsp3) is 0.818. The van der Waals surface area contributed by atoms with E-state index in [4.69, 9.17) is 5.11 Å². The lowest BCUT2D eigenvalue weighted by atomic mass is 10.2. The van der Waals surface area contributed by atoms with Crippen molar-refractivity contribution in [3.05, 3.63) is 0 Å². The first-order valence-electron chi connectivity index (χ1n) is 5.63. The zero-order valence-electron chi connectivity index (χ0n) is 10.1. The molecule has 0 aromatic rings. The zero-order valence-corrected chi connectivity index (χ0v) is 10.1. The summed E-state index contributed by atoms with van der Waals surface area (Å²) in [7, 11) is 1.62. The van der Waals surface area contributed by atoms with Crippen LogP contribution in [0.1, 0.15) is 20.3 Å². The maximum Gasteiger partial charge on any atom is 0.317 e. The molecule has 0 spiro atoms. The van der Waals surface area contributed by atoms with Gasteiger partial charge in [-0.05, 0) is 18.3 Å². The molecule has 1 aliphatic carbocycles. The number of hydrogen-bond acceptors (Lipinski definition) is 2. The van der Waals surface area contributed by atoms with Crippen molar-refractivity contribution in [1.29, 1.82) is 0 Å². The van der Waals surface area contributed by atoms with Gasteiger partial charge in [-0.15, -0.1) is 0 Å². The molecule has 0 heterocycles. The number of hydrogen-bond donors (Lipinski definition) is 2. The molecule has 0 aromatic heterocycles. The lowest BCUT2D eigenvalue weighted by Crippen LogP contribution is -2.41. The number of urea groups is 1. The van der Waals surface area contributed by atoms with E-state index in [2.05, 4.69) is 12.2 Å². The second-order valence-corrected chi connectivity index (χ2v) is 4.78. The highest BCUT2D eigenvalue weighted by atomic mass is 16.4. The summed E-state index contributed by atoms with van der Waals surface area (Å²) in [6.07, 6.45) is 1.18. The first-order valence-corrected chi connectivity index (χ1v) is 5.63. The lowest BCUT2D eigenvalue weighted by Gasteiger charge is -2.19. The van der Waals surface area contributed by atoms with Crippen molar-refractivity contribution in [3.8, 4) is 0 Å². The molecule has 3 atom stereocenters. The minimum atomic E-state index is -0.879. The van der Waals surface area contributed by atoms with Crippen molar-refractivity contribution >= 4 is 12.0 Å². The molecule has 0 aliphatic heterocycles. The van der Waals surface area contributed by atoms with Gasteiger partial charge in [0.2, 0.25) is 0 Å². The van der Waals surface area contributed by atoms with Crippen LogP contribution in [-0.4, -0.2) is 42.1 Å². The molecule has 1 fully saturated rings. The van der Waals surface area contributed by atoms with Gasteiger partial charge in [0.05, 0.1) is 5.92 Å². The fourth-order valence-electron chi connectivity index (χ4n) is 1.61. The fourth-order valence-corrected chi connectivity index (χ4v) is 1.61. The van der Waals surface area contributed by atoms with Crippen molar-refractivity contribution in [2.45, 2.75) is 20.3 Å². The standard InChI is InChI=1S/C11H20N2O3/c1-7-4-9(7)5-12-11(16)13(3)6-8(2)10(14)15/h7-9H,4-6H2,1-3H3,(H,12,16)(H,14,15). The van der Waals surface area contributed by atoms with Gasteiger partial charge in [0.1, 0.15) is 0 Å². The quantitative estimate of drug-likeness (QED) is 0.737. The molecule has 92 valence electrons. The highest BCUT2D eigenvalue weighted by molar-refractivity contribution is 5.75. The average molecular weight is 228 g/mol. The van der Waals surface area contributed by atoms with Gasteiger partial charge in [-0.25, -0.2) is 4.79 Å². The van der Waals surface area contributed by atoms with E-state index < -0.39 is 11.9 Å². The summed E-state index contributed by atoms with van der Waals surface area (Å²) >= 11 is 0. The number of carbonyl (C=O) groups excluding carboxylic acids is 1. The molecule has 1 aliphatic rings. The molecule has 16 heavy (non-hydrogen) atoms. The van der Waals surface area contributed by atoms with Crippen LogP contribution in [0.3, 0.4) is 0 Å². The van der Waals surface area contributed by atoms with Gasteiger partial charge in [0, 0.05) is 20.1 Å². The second-order valence-electron chi connectivity index (χ2n) is 4.78. The molecule has 5 nitrogen and oxygen atoms in total. The Labute approximate surface area is 95.8 Å². The van der Waals surface area contributed by atoms with Crippen molar-refractivity contribution in [2.24, 2.45) is 17.8 Å². The number of amides is 2.